The number of nitrogens with one attached hydrogen (secondary N) is 1. The molecule has 1 N–H and O–H groups in total. The topological polar surface area (TPSA) is 21.3 Å². The molecule has 1 unspecified atom stereocenters. The minimum Gasteiger partial charge on any atom is -0.378 e. The highest BCUT2D eigenvalue weighted by molar-refractivity contribution is 6.30. The zero-order valence-corrected chi connectivity index (χ0v) is 9.27. The van der Waals surface area contributed by atoms with E-state index in [9.17, 15) is 4.39 Å². The van der Waals surface area contributed by atoms with Gasteiger partial charge in [0.25, 0.3) is 0 Å². The van der Waals surface area contributed by atoms with Crippen LogP contribution in [0.2, 0.25) is 5.02 Å². The molecule has 0 amide bonds. The predicted octanol–water partition coefficient (Wildman–Crippen LogP) is 2.45. The summed E-state index contributed by atoms with van der Waals surface area (Å²) in [6.07, 6.45) is 0. The number of aryl methyl sites for hydroxylation is 1. The standard InChI is InChI=1S/C11H13ClFNO/c1-7-4-9(12)10(13)5-8(7)11-6-15-3-2-14-11/h4-5,11,14H,2-3,6H2,1H3. The quantitative estimate of drug-likeness (QED) is 0.799. The fraction of sp³-hybridized carbons (Fsp3) is 0.455. The maximum Gasteiger partial charge on any atom is 0.142 e. The number of rotatable bonds is 1. The van der Waals surface area contributed by atoms with E-state index in [0.717, 1.165) is 17.7 Å². The molecule has 1 aliphatic rings. The summed E-state index contributed by atoms with van der Waals surface area (Å²) < 4.78 is 18.7. The van der Waals surface area contributed by atoms with Crippen molar-refractivity contribution >= 4 is 11.6 Å². The van der Waals surface area contributed by atoms with Gasteiger partial charge in [-0.25, -0.2) is 4.39 Å². The van der Waals surface area contributed by atoms with Crippen molar-refractivity contribution < 1.29 is 9.13 Å². The Morgan fingerprint density at radius 3 is 3.00 bits per heavy atom. The smallest absolute Gasteiger partial charge is 0.142 e. The second-order valence-electron chi connectivity index (χ2n) is 3.70. The van der Waals surface area contributed by atoms with Crippen molar-refractivity contribution in [2.45, 2.75) is 13.0 Å². The lowest BCUT2D eigenvalue weighted by molar-refractivity contribution is 0.0766. The Kier molecular flexibility index (Phi) is 3.24. The summed E-state index contributed by atoms with van der Waals surface area (Å²) in [5, 5.41) is 3.46. The van der Waals surface area contributed by atoms with E-state index in [1.165, 1.54) is 6.07 Å². The Bertz CT molecular complexity index is 364. The molecule has 0 aliphatic carbocycles. The van der Waals surface area contributed by atoms with Crippen LogP contribution in [0, 0.1) is 12.7 Å². The van der Waals surface area contributed by atoms with Crippen LogP contribution < -0.4 is 5.32 Å². The summed E-state index contributed by atoms with van der Waals surface area (Å²) in [5.74, 6) is -0.371. The van der Waals surface area contributed by atoms with Gasteiger partial charge in [-0.15, -0.1) is 0 Å². The van der Waals surface area contributed by atoms with Gasteiger partial charge in [-0.2, -0.15) is 0 Å². The second kappa shape index (κ2) is 4.47. The predicted molar refractivity (Wildman–Crippen MR) is 57.7 cm³/mol. The van der Waals surface area contributed by atoms with Crippen molar-refractivity contribution in [3.8, 4) is 0 Å². The Labute approximate surface area is 93.4 Å². The molecule has 0 radical (unpaired) electrons. The Morgan fingerprint density at radius 1 is 1.53 bits per heavy atom. The fourth-order valence-electron chi connectivity index (χ4n) is 1.80. The summed E-state index contributed by atoms with van der Waals surface area (Å²) in [7, 11) is 0. The first-order valence-corrected chi connectivity index (χ1v) is 5.33. The van der Waals surface area contributed by atoms with Crippen LogP contribution >= 0.6 is 11.6 Å². The summed E-state index contributed by atoms with van der Waals surface area (Å²) in [5.41, 5.74) is 1.92. The van der Waals surface area contributed by atoms with Crippen molar-refractivity contribution in [3.05, 3.63) is 34.1 Å². The van der Waals surface area contributed by atoms with Crippen molar-refractivity contribution in [2.24, 2.45) is 0 Å². The Hall–Kier alpha value is -0.640. The van der Waals surface area contributed by atoms with Crippen molar-refractivity contribution in [3.63, 3.8) is 0 Å². The van der Waals surface area contributed by atoms with Crippen molar-refractivity contribution in [1.82, 2.24) is 5.32 Å². The van der Waals surface area contributed by atoms with Crippen LogP contribution in [0.4, 0.5) is 4.39 Å². The summed E-state index contributed by atoms with van der Waals surface area (Å²) >= 11 is 5.70. The van der Waals surface area contributed by atoms with Gasteiger partial charge in [0, 0.05) is 6.54 Å². The van der Waals surface area contributed by atoms with E-state index in [0.29, 0.717) is 13.2 Å². The van der Waals surface area contributed by atoms with E-state index in [2.05, 4.69) is 5.32 Å². The molecule has 1 aromatic rings. The van der Waals surface area contributed by atoms with Gasteiger partial charge in [0.2, 0.25) is 0 Å². The molecular weight excluding hydrogens is 217 g/mol. The Balaban J connectivity index is 2.30. The first kappa shape index (κ1) is 10.9. The van der Waals surface area contributed by atoms with E-state index < -0.39 is 0 Å². The third kappa shape index (κ3) is 2.30. The maximum absolute atomic E-state index is 13.3. The molecule has 4 heteroatoms. The third-order valence-electron chi connectivity index (χ3n) is 2.61. The Morgan fingerprint density at radius 2 is 2.33 bits per heavy atom. The lowest BCUT2D eigenvalue weighted by Crippen LogP contribution is -2.35. The molecular formula is C11H13ClFNO. The molecule has 15 heavy (non-hydrogen) atoms. The molecule has 1 fully saturated rings. The molecule has 0 saturated carbocycles. The highest BCUT2D eigenvalue weighted by Gasteiger charge is 2.18. The summed E-state index contributed by atoms with van der Waals surface area (Å²) in [4.78, 5) is 0. The number of hydrogen-bond donors (Lipinski definition) is 1. The first-order valence-electron chi connectivity index (χ1n) is 4.95. The number of benzene rings is 1. The molecule has 1 heterocycles. The van der Waals surface area contributed by atoms with Gasteiger partial charge < -0.3 is 10.1 Å². The first-order chi connectivity index (χ1) is 7.18. The SMILES string of the molecule is Cc1cc(Cl)c(F)cc1C1COCCN1. The number of morpholine rings is 1. The maximum atomic E-state index is 13.3. The molecule has 82 valence electrons. The summed E-state index contributed by atoms with van der Waals surface area (Å²) in [6.45, 7) is 4.03. The molecule has 1 aromatic carbocycles. The number of hydrogen-bond acceptors (Lipinski definition) is 2. The molecule has 0 bridgehead atoms. The van der Waals surface area contributed by atoms with Gasteiger partial charge in [0.15, 0.2) is 0 Å². The average Bonchev–Trinajstić information content (AvgIpc) is 2.25. The molecule has 0 spiro atoms. The van der Waals surface area contributed by atoms with Crippen LogP contribution in [0.15, 0.2) is 12.1 Å². The second-order valence-corrected chi connectivity index (χ2v) is 4.11. The van der Waals surface area contributed by atoms with E-state index >= 15 is 0 Å². The molecule has 2 nitrogen and oxygen atoms in total. The van der Waals surface area contributed by atoms with E-state index in [1.807, 2.05) is 6.92 Å². The van der Waals surface area contributed by atoms with Crippen LogP contribution in [0.3, 0.4) is 0 Å². The van der Waals surface area contributed by atoms with Crippen molar-refractivity contribution in [1.29, 1.82) is 0 Å². The van der Waals surface area contributed by atoms with Crippen LogP contribution in [0.25, 0.3) is 0 Å². The highest BCUT2D eigenvalue weighted by Crippen LogP contribution is 2.25. The van der Waals surface area contributed by atoms with Crippen molar-refractivity contribution in [2.75, 3.05) is 19.8 Å². The normalized spacial score (nSPS) is 21.7. The third-order valence-corrected chi connectivity index (χ3v) is 2.90. The highest BCUT2D eigenvalue weighted by atomic mass is 35.5. The van der Waals surface area contributed by atoms with Crippen LogP contribution in [0.5, 0.6) is 0 Å². The molecule has 1 aliphatic heterocycles. The fourth-order valence-corrected chi connectivity index (χ4v) is 2.02. The van der Waals surface area contributed by atoms with Gasteiger partial charge in [-0.1, -0.05) is 11.6 Å². The van der Waals surface area contributed by atoms with Crippen LogP contribution in [-0.2, 0) is 4.74 Å². The zero-order valence-electron chi connectivity index (χ0n) is 8.52. The molecule has 1 saturated heterocycles. The van der Waals surface area contributed by atoms with E-state index in [1.54, 1.807) is 6.07 Å². The molecule has 2 rings (SSSR count). The lowest BCUT2D eigenvalue weighted by atomic mass is 10.0. The van der Waals surface area contributed by atoms with Gasteiger partial charge >= 0.3 is 0 Å². The lowest BCUT2D eigenvalue weighted by Gasteiger charge is -2.25. The van der Waals surface area contributed by atoms with Gasteiger partial charge in [-0.3, -0.25) is 0 Å². The zero-order chi connectivity index (χ0) is 10.8. The average molecular weight is 230 g/mol. The van der Waals surface area contributed by atoms with Gasteiger partial charge in [0.05, 0.1) is 24.3 Å². The minimum atomic E-state index is -0.371. The molecule has 1 atom stereocenters. The van der Waals surface area contributed by atoms with E-state index in [-0.39, 0.29) is 16.9 Å². The minimum absolute atomic E-state index is 0.0746. The monoisotopic (exact) mass is 229 g/mol. The largest absolute Gasteiger partial charge is 0.378 e. The van der Waals surface area contributed by atoms with Crippen LogP contribution in [-0.4, -0.2) is 19.8 Å². The van der Waals surface area contributed by atoms with Gasteiger partial charge in [0.1, 0.15) is 5.82 Å². The molecule has 0 aromatic heterocycles. The van der Waals surface area contributed by atoms with Gasteiger partial charge in [-0.05, 0) is 30.2 Å². The number of halogens is 2. The van der Waals surface area contributed by atoms with Crippen LogP contribution in [0.1, 0.15) is 17.2 Å². The summed E-state index contributed by atoms with van der Waals surface area (Å²) in [6, 6.07) is 3.22. The number of ether oxygens (including phenoxy) is 1. The van der Waals surface area contributed by atoms with E-state index in [4.69, 9.17) is 16.3 Å².